The van der Waals surface area contributed by atoms with Crippen molar-refractivity contribution in [1.82, 2.24) is 4.98 Å². The number of methoxy groups -OCH3 is 1. The van der Waals surface area contributed by atoms with Crippen LogP contribution in [0.4, 0.5) is 0 Å². The zero-order valence-corrected chi connectivity index (χ0v) is 12.6. The molecule has 4 nitrogen and oxygen atoms in total. The van der Waals surface area contributed by atoms with E-state index in [1.54, 1.807) is 25.4 Å². The lowest BCUT2D eigenvalue weighted by molar-refractivity contribution is -0.128. The summed E-state index contributed by atoms with van der Waals surface area (Å²) in [5.74, 6) is 0.776. The average molecular weight is 305 g/mol. The molecule has 3 rings (SSSR count). The molecule has 0 saturated heterocycles. The number of ether oxygens (including phenoxy) is 2. The van der Waals surface area contributed by atoms with Crippen LogP contribution in [0.5, 0.6) is 11.5 Å². The van der Waals surface area contributed by atoms with Crippen LogP contribution in [0, 0.1) is 0 Å². The molecule has 0 fully saturated rings. The zero-order valence-electron chi connectivity index (χ0n) is 12.6. The summed E-state index contributed by atoms with van der Waals surface area (Å²) in [7, 11) is 1.61. The lowest BCUT2D eigenvalue weighted by Crippen LogP contribution is -2.04. The fourth-order valence-corrected chi connectivity index (χ4v) is 2.18. The number of carbonyl (C=O) groups excluding carboxylic acids is 1. The maximum absolute atomic E-state index is 12.0. The number of pyridine rings is 1. The lowest BCUT2D eigenvalue weighted by atomic mass is 10.2. The minimum Gasteiger partial charge on any atom is -0.497 e. The van der Waals surface area contributed by atoms with Crippen molar-refractivity contribution in [3.63, 3.8) is 0 Å². The van der Waals surface area contributed by atoms with Crippen molar-refractivity contribution >= 4 is 22.9 Å². The Labute approximate surface area is 134 Å². The van der Waals surface area contributed by atoms with Gasteiger partial charge in [-0.3, -0.25) is 4.98 Å². The number of hydrogen-bond donors (Lipinski definition) is 0. The van der Waals surface area contributed by atoms with E-state index < -0.39 is 5.97 Å². The predicted molar refractivity (Wildman–Crippen MR) is 89.4 cm³/mol. The smallest absolute Gasteiger partial charge is 0.336 e. The van der Waals surface area contributed by atoms with Gasteiger partial charge in [0.15, 0.2) is 5.75 Å². The molecular formula is C19H15NO3. The standard InChI is InChI=1S/C19H15NO3/c1-22-16-10-7-14(8-11-16)9-12-18(21)23-17-6-2-4-15-5-3-13-20-19(15)17/h2-13H,1H3. The van der Waals surface area contributed by atoms with Gasteiger partial charge in [0, 0.05) is 17.7 Å². The second-order valence-electron chi connectivity index (χ2n) is 4.86. The first-order valence-corrected chi connectivity index (χ1v) is 7.14. The minimum atomic E-state index is -0.445. The Morgan fingerprint density at radius 2 is 1.83 bits per heavy atom. The highest BCUT2D eigenvalue weighted by Crippen LogP contribution is 2.23. The quantitative estimate of drug-likeness (QED) is 0.417. The Kier molecular flexibility index (Phi) is 4.34. The summed E-state index contributed by atoms with van der Waals surface area (Å²) in [5.41, 5.74) is 1.56. The van der Waals surface area contributed by atoms with Gasteiger partial charge in [-0.15, -0.1) is 0 Å². The molecule has 4 heteroatoms. The molecule has 0 aliphatic heterocycles. The average Bonchev–Trinajstić information content (AvgIpc) is 2.61. The Bertz CT molecular complexity index is 849. The van der Waals surface area contributed by atoms with Gasteiger partial charge >= 0.3 is 5.97 Å². The number of carbonyl (C=O) groups is 1. The summed E-state index contributed by atoms with van der Waals surface area (Å²) in [6.07, 6.45) is 4.76. The lowest BCUT2D eigenvalue weighted by Gasteiger charge is -2.04. The summed E-state index contributed by atoms with van der Waals surface area (Å²) in [6, 6.07) is 16.6. The van der Waals surface area contributed by atoms with Gasteiger partial charge < -0.3 is 9.47 Å². The number of hydrogen-bond acceptors (Lipinski definition) is 4. The monoisotopic (exact) mass is 305 g/mol. The van der Waals surface area contributed by atoms with E-state index in [4.69, 9.17) is 9.47 Å². The Balaban J connectivity index is 1.74. The maximum Gasteiger partial charge on any atom is 0.336 e. The van der Waals surface area contributed by atoms with Crippen LogP contribution in [-0.2, 0) is 4.79 Å². The van der Waals surface area contributed by atoms with Gasteiger partial charge in [0.1, 0.15) is 11.3 Å². The van der Waals surface area contributed by atoms with Crippen molar-refractivity contribution in [2.75, 3.05) is 7.11 Å². The van der Waals surface area contributed by atoms with Gasteiger partial charge in [-0.1, -0.05) is 30.3 Å². The molecule has 0 radical (unpaired) electrons. The largest absolute Gasteiger partial charge is 0.497 e. The predicted octanol–water partition coefficient (Wildman–Crippen LogP) is 3.86. The van der Waals surface area contributed by atoms with E-state index in [9.17, 15) is 4.79 Å². The fourth-order valence-electron chi connectivity index (χ4n) is 2.18. The van der Waals surface area contributed by atoms with Gasteiger partial charge in [0.05, 0.1) is 7.11 Å². The third kappa shape index (κ3) is 3.55. The normalized spacial score (nSPS) is 10.8. The van der Waals surface area contributed by atoms with Crippen LogP contribution in [0.2, 0.25) is 0 Å². The molecule has 0 bridgehead atoms. The van der Waals surface area contributed by atoms with Crippen LogP contribution < -0.4 is 9.47 Å². The summed E-state index contributed by atoms with van der Waals surface area (Å²) < 4.78 is 10.5. The molecule has 114 valence electrons. The molecule has 0 unspecified atom stereocenters. The summed E-state index contributed by atoms with van der Waals surface area (Å²) in [5, 5.41) is 0.928. The van der Waals surface area contributed by atoms with E-state index in [1.807, 2.05) is 48.5 Å². The van der Waals surface area contributed by atoms with Crippen LogP contribution >= 0.6 is 0 Å². The molecule has 0 atom stereocenters. The van der Waals surface area contributed by atoms with Crippen molar-refractivity contribution in [1.29, 1.82) is 0 Å². The first kappa shape index (κ1) is 14.8. The third-order valence-corrected chi connectivity index (χ3v) is 3.33. The van der Waals surface area contributed by atoms with Crippen molar-refractivity contribution in [2.45, 2.75) is 0 Å². The number of esters is 1. The molecule has 0 amide bonds. The summed E-state index contributed by atoms with van der Waals surface area (Å²) >= 11 is 0. The summed E-state index contributed by atoms with van der Waals surface area (Å²) in [6.45, 7) is 0. The van der Waals surface area contributed by atoms with E-state index in [1.165, 1.54) is 6.08 Å². The second-order valence-corrected chi connectivity index (χ2v) is 4.86. The van der Waals surface area contributed by atoms with E-state index >= 15 is 0 Å². The van der Waals surface area contributed by atoms with Crippen molar-refractivity contribution < 1.29 is 14.3 Å². The molecule has 0 aliphatic rings. The summed E-state index contributed by atoms with van der Waals surface area (Å²) in [4.78, 5) is 16.2. The minimum absolute atomic E-state index is 0.445. The van der Waals surface area contributed by atoms with E-state index in [0.29, 0.717) is 11.3 Å². The Morgan fingerprint density at radius 3 is 2.61 bits per heavy atom. The third-order valence-electron chi connectivity index (χ3n) is 3.33. The molecule has 1 heterocycles. The van der Waals surface area contributed by atoms with Gasteiger partial charge in [-0.25, -0.2) is 4.79 Å². The highest BCUT2D eigenvalue weighted by molar-refractivity contribution is 5.92. The SMILES string of the molecule is COc1ccc(C=CC(=O)Oc2cccc3cccnc23)cc1. The van der Waals surface area contributed by atoms with Gasteiger partial charge in [0.25, 0.3) is 0 Å². The molecule has 1 aromatic heterocycles. The van der Waals surface area contributed by atoms with Crippen LogP contribution in [0.1, 0.15) is 5.56 Å². The highest BCUT2D eigenvalue weighted by atomic mass is 16.5. The van der Waals surface area contributed by atoms with Gasteiger partial charge in [-0.2, -0.15) is 0 Å². The Hall–Kier alpha value is -3.14. The van der Waals surface area contributed by atoms with E-state index in [-0.39, 0.29) is 0 Å². The van der Waals surface area contributed by atoms with Crippen LogP contribution in [-0.4, -0.2) is 18.1 Å². The van der Waals surface area contributed by atoms with Crippen molar-refractivity contribution in [3.05, 3.63) is 72.4 Å². The van der Waals surface area contributed by atoms with Crippen LogP contribution in [0.15, 0.2) is 66.9 Å². The number of rotatable bonds is 4. The fraction of sp³-hybridized carbons (Fsp3) is 0.0526. The molecule has 0 spiro atoms. The Morgan fingerprint density at radius 1 is 1.04 bits per heavy atom. The van der Waals surface area contributed by atoms with Crippen molar-refractivity contribution in [3.8, 4) is 11.5 Å². The molecule has 0 aliphatic carbocycles. The molecule has 0 N–H and O–H groups in total. The maximum atomic E-state index is 12.0. The number of nitrogens with zero attached hydrogens (tertiary/aromatic N) is 1. The number of fused-ring (bicyclic) bond motifs is 1. The molecule has 0 saturated carbocycles. The number of benzene rings is 2. The molecule has 23 heavy (non-hydrogen) atoms. The number of para-hydroxylation sites is 1. The van der Waals surface area contributed by atoms with Crippen LogP contribution in [0.3, 0.4) is 0 Å². The first-order valence-electron chi connectivity index (χ1n) is 7.14. The van der Waals surface area contributed by atoms with E-state index in [2.05, 4.69) is 4.98 Å². The number of aromatic nitrogens is 1. The highest BCUT2D eigenvalue weighted by Gasteiger charge is 2.06. The molecular weight excluding hydrogens is 290 g/mol. The molecule has 2 aromatic carbocycles. The van der Waals surface area contributed by atoms with Crippen LogP contribution in [0.25, 0.3) is 17.0 Å². The topological polar surface area (TPSA) is 48.4 Å². The van der Waals surface area contributed by atoms with E-state index in [0.717, 1.165) is 16.7 Å². The van der Waals surface area contributed by atoms with Gasteiger partial charge in [0.2, 0.25) is 0 Å². The first-order chi connectivity index (χ1) is 11.3. The molecule has 3 aromatic rings. The second kappa shape index (κ2) is 6.75. The zero-order chi connectivity index (χ0) is 16.1. The van der Waals surface area contributed by atoms with Crippen molar-refractivity contribution in [2.24, 2.45) is 0 Å². The van der Waals surface area contributed by atoms with Gasteiger partial charge in [-0.05, 0) is 35.9 Å².